The van der Waals surface area contributed by atoms with E-state index in [0.717, 1.165) is 24.3 Å². The molecule has 0 radical (unpaired) electrons. The minimum atomic E-state index is -4.93. The van der Waals surface area contributed by atoms with Gasteiger partial charge in [-0.25, -0.2) is 16.8 Å². The van der Waals surface area contributed by atoms with Crippen LogP contribution in [0.3, 0.4) is 0 Å². The van der Waals surface area contributed by atoms with Crippen molar-refractivity contribution in [2.24, 2.45) is 0 Å². The van der Waals surface area contributed by atoms with Crippen LogP contribution in [0.1, 0.15) is 0 Å². The van der Waals surface area contributed by atoms with Gasteiger partial charge in [0.1, 0.15) is 20.2 Å². The standard InChI is InChI=1S/C12H12N2O6S2.2Na/c13-7-1-3-9(11(5-7)21(15,16)17)10-4-2-8(14)6-12(10)22(18,19)20;;/h1-6H,13-14H2,(H,15,16,17)(H,18,19,20);;/q;2*+1/p-2. The molecular weight excluding hydrogens is 378 g/mol. The van der Waals surface area contributed by atoms with Gasteiger partial charge in [-0.15, -0.1) is 0 Å². The van der Waals surface area contributed by atoms with Crippen LogP contribution in [0.4, 0.5) is 11.4 Å². The maximum Gasteiger partial charge on any atom is 1.00 e. The molecule has 8 nitrogen and oxygen atoms in total. The Morgan fingerprint density at radius 1 is 0.667 bits per heavy atom. The maximum atomic E-state index is 11.3. The van der Waals surface area contributed by atoms with Crippen LogP contribution in [0.2, 0.25) is 0 Å². The van der Waals surface area contributed by atoms with Gasteiger partial charge in [0.2, 0.25) is 0 Å². The molecule has 0 fully saturated rings. The van der Waals surface area contributed by atoms with Crippen LogP contribution in [0.25, 0.3) is 11.1 Å². The van der Waals surface area contributed by atoms with Crippen molar-refractivity contribution in [3.8, 4) is 11.1 Å². The third kappa shape index (κ3) is 5.43. The maximum absolute atomic E-state index is 11.3. The fraction of sp³-hybridized carbons (Fsp3) is 0. The average Bonchev–Trinajstić information content (AvgIpc) is 2.37. The molecule has 2 rings (SSSR count). The van der Waals surface area contributed by atoms with E-state index >= 15 is 0 Å². The van der Waals surface area contributed by atoms with E-state index in [1.165, 1.54) is 12.1 Å². The SMILES string of the molecule is Nc1ccc(-c2ccc(N)cc2S(=O)(=O)[O-])c(S(=O)(=O)[O-])c1.[Na+].[Na+]. The molecule has 12 heteroatoms. The number of nitrogens with two attached hydrogens (primary N) is 2. The van der Waals surface area contributed by atoms with Gasteiger partial charge in [0.05, 0.1) is 9.79 Å². The van der Waals surface area contributed by atoms with Crippen molar-refractivity contribution in [1.29, 1.82) is 0 Å². The van der Waals surface area contributed by atoms with Crippen LogP contribution in [0.5, 0.6) is 0 Å². The molecule has 0 saturated heterocycles. The fourth-order valence-corrected chi connectivity index (χ4v) is 3.39. The van der Waals surface area contributed by atoms with E-state index in [9.17, 15) is 25.9 Å². The Bertz CT molecular complexity index is 882. The van der Waals surface area contributed by atoms with Gasteiger partial charge in [-0.05, 0) is 24.3 Å². The summed E-state index contributed by atoms with van der Waals surface area (Å²) in [5, 5.41) is 0. The molecule has 118 valence electrons. The van der Waals surface area contributed by atoms with Crippen LogP contribution >= 0.6 is 0 Å². The second kappa shape index (κ2) is 8.49. The van der Waals surface area contributed by atoms with Crippen LogP contribution in [-0.2, 0) is 20.2 Å². The van der Waals surface area contributed by atoms with E-state index in [-0.39, 0.29) is 81.6 Å². The zero-order valence-corrected chi connectivity index (χ0v) is 18.5. The predicted octanol–water partition coefficient (Wildman–Crippen LogP) is -5.67. The van der Waals surface area contributed by atoms with E-state index < -0.39 is 30.0 Å². The molecule has 0 amide bonds. The molecule has 0 aliphatic heterocycles. The summed E-state index contributed by atoms with van der Waals surface area (Å²) >= 11 is 0. The van der Waals surface area contributed by atoms with Gasteiger partial charge < -0.3 is 20.6 Å². The summed E-state index contributed by atoms with van der Waals surface area (Å²) in [4.78, 5) is -1.44. The normalized spacial score (nSPS) is 11.2. The van der Waals surface area contributed by atoms with E-state index in [4.69, 9.17) is 11.5 Å². The molecule has 0 unspecified atom stereocenters. The van der Waals surface area contributed by atoms with Gasteiger partial charge in [0, 0.05) is 22.5 Å². The summed E-state index contributed by atoms with van der Waals surface area (Å²) in [7, 11) is -9.87. The van der Waals surface area contributed by atoms with Gasteiger partial charge in [-0.3, -0.25) is 0 Å². The van der Waals surface area contributed by atoms with Gasteiger partial charge in [0.15, 0.2) is 0 Å². The molecule has 2 aromatic rings. The molecular formula is C12H10N2Na2O6S2. The van der Waals surface area contributed by atoms with E-state index in [0.29, 0.717) is 0 Å². The smallest absolute Gasteiger partial charge is 0.744 e. The van der Waals surface area contributed by atoms with Crippen molar-refractivity contribution in [2.45, 2.75) is 9.79 Å². The predicted molar refractivity (Wildman–Crippen MR) is 76.6 cm³/mol. The minimum absolute atomic E-state index is 0. The Hall–Kier alpha value is -0.140. The van der Waals surface area contributed by atoms with Crippen molar-refractivity contribution in [2.75, 3.05) is 11.5 Å². The molecule has 0 aliphatic rings. The monoisotopic (exact) mass is 388 g/mol. The second-order valence-corrected chi connectivity index (χ2v) is 7.12. The summed E-state index contributed by atoms with van der Waals surface area (Å²) < 4.78 is 68.1. The van der Waals surface area contributed by atoms with E-state index in [1.807, 2.05) is 0 Å². The molecule has 0 atom stereocenters. The van der Waals surface area contributed by atoms with Gasteiger partial charge in [-0.1, -0.05) is 12.1 Å². The topological polar surface area (TPSA) is 166 Å². The van der Waals surface area contributed by atoms with Crippen LogP contribution in [-0.4, -0.2) is 25.9 Å². The molecule has 24 heavy (non-hydrogen) atoms. The molecule has 0 heterocycles. The van der Waals surface area contributed by atoms with Gasteiger partial charge in [0.25, 0.3) is 0 Å². The fourth-order valence-electron chi connectivity index (χ4n) is 1.94. The van der Waals surface area contributed by atoms with E-state index in [2.05, 4.69) is 0 Å². The Labute approximate surface area is 183 Å². The van der Waals surface area contributed by atoms with E-state index in [1.54, 1.807) is 0 Å². The molecule has 0 aromatic heterocycles. The van der Waals surface area contributed by atoms with Crippen LogP contribution in [0.15, 0.2) is 46.2 Å². The Kier molecular flexibility index (Phi) is 8.45. The number of hydrogen-bond acceptors (Lipinski definition) is 8. The average molecular weight is 388 g/mol. The first-order valence-corrected chi connectivity index (χ1v) is 8.53. The first kappa shape index (κ1) is 23.9. The van der Waals surface area contributed by atoms with Crippen molar-refractivity contribution in [3.63, 3.8) is 0 Å². The first-order valence-electron chi connectivity index (χ1n) is 5.71. The minimum Gasteiger partial charge on any atom is -0.744 e. The second-order valence-electron chi connectivity index (χ2n) is 4.42. The van der Waals surface area contributed by atoms with Gasteiger partial charge in [-0.2, -0.15) is 0 Å². The first-order chi connectivity index (χ1) is 10.00. The third-order valence-corrected chi connectivity index (χ3v) is 4.59. The Morgan fingerprint density at radius 3 is 1.21 bits per heavy atom. The number of rotatable bonds is 3. The van der Waals surface area contributed by atoms with Crippen LogP contribution < -0.4 is 70.6 Å². The number of nitrogen functional groups attached to an aromatic ring is 2. The quantitative estimate of drug-likeness (QED) is 0.298. The molecule has 0 saturated carbocycles. The molecule has 2 aromatic carbocycles. The largest absolute Gasteiger partial charge is 1.00 e. The van der Waals surface area contributed by atoms with Crippen molar-refractivity contribution >= 4 is 31.6 Å². The summed E-state index contributed by atoms with van der Waals surface area (Å²) in [5.74, 6) is 0. The summed E-state index contributed by atoms with van der Waals surface area (Å²) in [6.07, 6.45) is 0. The van der Waals surface area contributed by atoms with Crippen molar-refractivity contribution < 1.29 is 85.1 Å². The van der Waals surface area contributed by atoms with Crippen LogP contribution in [0, 0.1) is 0 Å². The van der Waals surface area contributed by atoms with Crippen molar-refractivity contribution in [3.05, 3.63) is 36.4 Å². The zero-order chi connectivity index (χ0) is 16.7. The molecule has 0 spiro atoms. The molecule has 0 bridgehead atoms. The van der Waals surface area contributed by atoms with Crippen molar-refractivity contribution in [1.82, 2.24) is 0 Å². The summed E-state index contributed by atoms with van der Waals surface area (Å²) in [5.41, 5.74) is 10.4. The Morgan fingerprint density at radius 2 is 0.958 bits per heavy atom. The number of hydrogen-bond donors (Lipinski definition) is 2. The number of anilines is 2. The number of benzene rings is 2. The molecule has 4 N–H and O–H groups in total. The third-order valence-electron chi connectivity index (χ3n) is 2.84. The molecule has 0 aliphatic carbocycles. The zero-order valence-electron chi connectivity index (χ0n) is 12.9. The van der Waals surface area contributed by atoms with Gasteiger partial charge >= 0.3 is 59.1 Å². The summed E-state index contributed by atoms with van der Waals surface area (Å²) in [6, 6.07) is 6.66. The summed E-state index contributed by atoms with van der Waals surface area (Å²) in [6.45, 7) is 0. The Balaban J connectivity index is 0.00000264.